The van der Waals surface area contributed by atoms with Gasteiger partial charge in [-0.2, -0.15) is 0 Å². The van der Waals surface area contributed by atoms with Gasteiger partial charge in [-0.15, -0.1) is 0 Å². The zero-order chi connectivity index (χ0) is 24.9. The molecule has 3 aromatic rings. The van der Waals surface area contributed by atoms with E-state index in [1.807, 2.05) is 6.92 Å². The number of hydrogen-bond donors (Lipinski definition) is 1. The number of fused-ring (bicyclic) bond motifs is 2. The van der Waals surface area contributed by atoms with Crippen LogP contribution in [0.4, 0.5) is 4.39 Å². The van der Waals surface area contributed by atoms with E-state index in [-0.39, 0.29) is 17.0 Å². The van der Waals surface area contributed by atoms with Crippen LogP contribution in [0.1, 0.15) is 50.1 Å². The number of rotatable bonds is 4. The quantitative estimate of drug-likeness (QED) is 0.468. The van der Waals surface area contributed by atoms with E-state index in [9.17, 15) is 14.7 Å². The van der Waals surface area contributed by atoms with Crippen molar-refractivity contribution >= 4 is 32.7 Å². The molecule has 0 aliphatic carbocycles. The Morgan fingerprint density at radius 3 is 2.62 bits per heavy atom. The molecule has 4 rings (SSSR count). The molecule has 0 amide bonds. The monoisotopic (exact) mass is 531 g/mol. The molecule has 0 saturated heterocycles. The number of nitrogens with zero attached hydrogens (tertiary/aromatic N) is 1. The molecule has 0 saturated carbocycles. The zero-order valence-corrected chi connectivity index (χ0v) is 21.4. The molecule has 1 aliphatic rings. The summed E-state index contributed by atoms with van der Waals surface area (Å²) in [6.07, 6.45) is -0.0391. The van der Waals surface area contributed by atoms with Crippen molar-refractivity contribution in [2.75, 3.05) is 6.61 Å². The Balaban J connectivity index is 2.18. The number of hydrogen-bond acceptors (Lipinski definition) is 4. The lowest BCUT2D eigenvalue weighted by Gasteiger charge is -2.29. The SMILES string of the molecule is Cc1c(-c2c([C@H](OC(C)(C)C)C(=O)O)n(C)c(=O)c3cc(Br)ccc23)cc(F)c2c1CCCO2. The van der Waals surface area contributed by atoms with Gasteiger partial charge in [0.1, 0.15) is 0 Å². The minimum atomic E-state index is -1.45. The van der Waals surface area contributed by atoms with E-state index in [4.69, 9.17) is 9.47 Å². The highest BCUT2D eigenvalue weighted by molar-refractivity contribution is 9.10. The van der Waals surface area contributed by atoms with E-state index < -0.39 is 23.5 Å². The summed E-state index contributed by atoms with van der Waals surface area (Å²) in [6, 6.07) is 6.60. The maximum Gasteiger partial charge on any atom is 0.339 e. The molecule has 6 nitrogen and oxygen atoms in total. The van der Waals surface area contributed by atoms with Gasteiger partial charge in [0.25, 0.3) is 5.56 Å². The summed E-state index contributed by atoms with van der Waals surface area (Å²) < 4.78 is 28.8. The second-order valence-corrected chi connectivity index (χ2v) is 10.5. The third kappa shape index (κ3) is 4.25. The molecule has 1 N–H and O–H groups in total. The standard InChI is InChI=1S/C26H27BrFNO5/c1-13-15-7-6-10-33-22(15)19(28)12-17(13)20-16-9-8-14(27)11-18(16)24(30)29(5)21(20)23(25(31)32)34-26(2,3)4/h8-9,11-12,23H,6-7,10H2,1-5H3,(H,31,32)/t23-/m0/s1. The number of carboxylic acid groups (broad SMARTS) is 1. The topological polar surface area (TPSA) is 77.8 Å². The van der Waals surface area contributed by atoms with Crippen LogP contribution in [0.25, 0.3) is 21.9 Å². The Morgan fingerprint density at radius 2 is 1.97 bits per heavy atom. The van der Waals surface area contributed by atoms with Crippen LogP contribution in [0.2, 0.25) is 0 Å². The van der Waals surface area contributed by atoms with Crippen LogP contribution in [0.3, 0.4) is 0 Å². The first-order chi connectivity index (χ1) is 15.9. The number of pyridine rings is 1. The van der Waals surface area contributed by atoms with Crippen molar-refractivity contribution in [2.24, 2.45) is 7.05 Å². The van der Waals surface area contributed by atoms with Crippen LogP contribution in [-0.4, -0.2) is 27.9 Å². The van der Waals surface area contributed by atoms with Crippen LogP contribution >= 0.6 is 15.9 Å². The number of aromatic nitrogens is 1. The van der Waals surface area contributed by atoms with Crippen molar-refractivity contribution in [3.63, 3.8) is 0 Å². The average molecular weight is 532 g/mol. The van der Waals surface area contributed by atoms with E-state index in [1.54, 1.807) is 39.0 Å². The number of carboxylic acids is 1. The highest BCUT2D eigenvalue weighted by Gasteiger charge is 2.34. The minimum Gasteiger partial charge on any atom is -0.490 e. The van der Waals surface area contributed by atoms with E-state index in [2.05, 4.69) is 15.9 Å². The Hall–Kier alpha value is -2.71. The van der Waals surface area contributed by atoms with Gasteiger partial charge in [-0.25, -0.2) is 9.18 Å². The highest BCUT2D eigenvalue weighted by atomic mass is 79.9. The second-order valence-electron chi connectivity index (χ2n) is 9.55. The molecule has 8 heteroatoms. The first-order valence-corrected chi connectivity index (χ1v) is 11.9. The van der Waals surface area contributed by atoms with Crippen LogP contribution in [0.15, 0.2) is 33.5 Å². The van der Waals surface area contributed by atoms with Gasteiger partial charge < -0.3 is 19.1 Å². The molecule has 1 aromatic heterocycles. The lowest BCUT2D eigenvalue weighted by atomic mass is 9.87. The van der Waals surface area contributed by atoms with Gasteiger partial charge in [0.15, 0.2) is 17.7 Å². The molecular formula is C26H27BrFNO5. The number of ether oxygens (including phenoxy) is 2. The highest BCUT2D eigenvalue weighted by Crippen LogP contribution is 2.43. The second kappa shape index (κ2) is 8.82. The molecule has 2 aromatic carbocycles. The summed E-state index contributed by atoms with van der Waals surface area (Å²) in [4.78, 5) is 25.8. The summed E-state index contributed by atoms with van der Waals surface area (Å²) in [7, 11) is 1.52. The fraction of sp³-hybridized carbons (Fsp3) is 0.385. The maximum atomic E-state index is 15.3. The predicted octanol–water partition coefficient (Wildman–Crippen LogP) is 5.68. The molecule has 0 fully saturated rings. The van der Waals surface area contributed by atoms with Crippen molar-refractivity contribution in [1.82, 2.24) is 4.57 Å². The molecule has 0 bridgehead atoms. The molecule has 1 aliphatic heterocycles. The average Bonchev–Trinajstić information content (AvgIpc) is 2.77. The molecule has 0 radical (unpaired) electrons. The molecular weight excluding hydrogens is 505 g/mol. The zero-order valence-electron chi connectivity index (χ0n) is 19.8. The fourth-order valence-electron chi connectivity index (χ4n) is 4.59. The largest absolute Gasteiger partial charge is 0.490 e. The molecule has 34 heavy (non-hydrogen) atoms. The number of aliphatic carboxylic acids is 1. The number of halogens is 2. The van der Waals surface area contributed by atoms with Gasteiger partial charge in [-0.3, -0.25) is 4.79 Å². The summed E-state index contributed by atoms with van der Waals surface area (Å²) in [6.45, 7) is 7.58. The van der Waals surface area contributed by atoms with E-state index in [1.165, 1.54) is 17.7 Å². The van der Waals surface area contributed by atoms with Gasteiger partial charge in [0.05, 0.1) is 17.9 Å². The van der Waals surface area contributed by atoms with Crippen molar-refractivity contribution < 1.29 is 23.8 Å². The summed E-state index contributed by atoms with van der Waals surface area (Å²) in [5, 5.41) is 11.1. The third-order valence-corrected chi connectivity index (χ3v) is 6.55. The third-order valence-electron chi connectivity index (χ3n) is 6.05. The molecule has 0 spiro atoms. The lowest BCUT2D eigenvalue weighted by Crippen LogP contribution is -2.33. The molecule has 0 unspecified atom stereocenters. The predicted molar refractivity (Wildman–Crippen MR) is 132 cm³/mol. The Kier molecular flexibility index (Phi) is 6.33. The van der Waals surface area contributed by atoms with Crippen molar-refractivity contribution in [2.45, 2.75) is 52.2 Å². The van der Waals surface area contributed by atoms with E-state index in [0.29, 0.717) is 39.4 Å². The molecule has 1 atom stereocenters. The molecule has 2 heterocycles. The lowest BCUT2D eigenvalue weighted by molar-refractivity contribution is -0.161. The van der Waals surface area contributed by atoms with Crippen LogP contribution in [-0.2, 0) is 23.0 Å². The fourth-order valence-corrected chi connectivity index (χ4v) is 4.95. The number of benzene rings is 2. The first-order valence-electron chi connectivity index (χ1n) is 11.1. The van der Waals surface area contributed by atoms with E-state index >= 15 is 4.39 Å². The van der Waals surface area contributed by atoms with Crippen molar-refractivity contribution in [3.05, 3.63) is 61.7 Å². The van der Waals surface area contributed by atoms with Gasteiger partial charge in [0, 0.05) is 28.0 Å². The van der Waals surface area contributed by atoms with Gasteiger partial charge >= 0.3 is 5.97 Å². The Bertz CT molecular complexity index is 1370. The smallest absolute Gasteiger partial charge is 0.339 e. The summed E-state index contributed by atoms with van der Waals surface area (Å²) >= 11 is 3.41. The summed E-state index contributed by atoms with van der Waals surface area (Å²) in [5.41, 5.74) is 1.53. The van der Waals surface area contributed by atoms with Gasteiger partial charge in [-0.1, -0.05) is 22.0 Å². The Labute approximate surface area is 205 Å². The number of carbonyl (C=O) groups is 1. The van der Waals surface area contributed by atoms with Gasteiger partial charge in [0.2, 0.25) is 0 Å². The normalized spacial score (nSPS) is 14.6. The van der Waals surface area contributed by atoms with Crippen molar-refractivity contribution in [1.29, 1.82) is 0 Å². The maximum absolute atomic E-state index is 15.3. The van der Waals surface area contributed by atoms with Crippen LogP contribution in [0.5, 0.6) is 5.75 Å². The van der Waals surface area contributed by atoms with Gasteiger partial charge in [-0.05, 0) is 75.2 Å². The van der Waals surface area contributed by atoms with Crippen LogP contribution < -0.4 is 10.3 Å². The first kappa shape index (κ1) is 24.4. The minimum absolute atomic E-state index is 0.168. The van der Waals surface area contributed by atoms with Crippen LogP contribution in [0, 0.1) is 12.7 Å². The molecule has 180 valence electrons. The van der Waals surface area contributed by atoms with E-state index in [0.717, 1.165) is 17.5 Å². The van der Waals surface area contributed by atoms with Crippen molar-refractivity contribution in [3.8, 4) is 16.9 Å². The Morgan fingerprint density at radius 1 is 1.26 bits per heavy atom. The summed E-state index contributed by atoms with van der Waals surface area (Å²) in [5.74, 6) is -1.50.